The maximum atomic E-state index is 12.7. The summed E-state index contributed by atoms with van der Waals surface area (Å²) in [6.07, 6.45) is 3.58. The summed E-state index contributed by atoms with van der Waals surface area (Å²) in [5.74, 6) is 0.388. The van der Waals surface area contributed by atoms with Crippen LogP contribution in [0.4, 0.5) is 5.82 Å². The van der Waals surface area contributed by atoms with Crippen LogP contribution in [0.15, 0.2) is 29.4 Å². The quantitative estimate of drug-likeness (QED) is 0.912. The van der Waals surface area contributed by atoms with Gasteiger partial charge in [-0.2, -0.15) is 4.31 Å². The molecular formula is C12H16N4O2S. The van der Waals surface area contributed by atoms with Crippen molar-refractivity contribution in [2.45, 2.75) is 23.9 Å². The summed E-state index contributed by atoms with van der Waals surface area (Å²) in [5.41, 5.74) is 0.620. The van der Waals surface area contributed by atoms with Crippen LogP contribution in [-0.4, -0.2) is 42.2 Å². The van der Waals surface area contributed by atoms with Crippen LogP contribution in [0.5, 0.6) is 0 Å². The molecule has 1 saturated carbocycles. The van der Waals surface area contributed by atoms with Gasteiger partial charge in [-0.25, -0.2) is 13.4 Å². The number of aromatic nitrogens is 2. The molecule has 0 amide bonds. The predicted octanol–water partition coefficient (Wildman–Crippen LogP) is 1.16. The van der Waals surface area contributed by atoms with Gasteiger partial charge < -0.3 is 5.32 Å². The Morgan fingerprint density at radius 2 is 2.16 bits per heavy atom. The Morgan fingerprint density at radius 3 is 2.79 bits per heavy atom. The van der Waals surface area contributed by atoms with Crippen LogP contribution in [-0.2, 0) is 10.0 Å². The molecule has 7 heteroatoms. The van der Waals surface area contributed by atoms with E-state index in [1.54, 1.807) is 36.8 Å². The third-order valence-electron chi connectivity index (χ3n) is 3.41. The summed E-state index contributed by atoms with van der Waals surface area (Å²) >= 11 is 0. The third-order valence-corrected chi connectivity index (χ3v) is 5.34. The van der Waals surface area contributed by atoms with Crippen molar-refractivity contribution < 1.29 is 8.42 Å². The maximum absolute atomic E-state index is 12.7. The zero-order chi connectivity index (χ0) is 13.6. The van der Waals surface area contributed by atoms with Crippen molar-refractivity contribution in [2.24, 2.45) is 0 Å². The number of nitrogens with zero attached hydrogens (tertiary/aromatic N) is 3. The number of pyridine rings is 1. The first kappa shape index (κ1) is 12.4. The number of anilines is 1. The van der Waals surface area contributed by atoms with Gasteiger partial charge in [0, 0.05) is 26.3 Å². The SMILES string of the molecule is CNc1nc2ccccn2c1S(=O)(=O)N(C)C1CC1. The highest BCUT2D eigenvalue weighted by Gasteiger charge is 2.38. The van der Waals surface area contributed by atoms with Gasteiger partial charge in [-0.05, 0) is 25.0 Å². The lowest BCUT2D eigenvalue weighted by Crippen LogP contribution is -2.30. The van der Waals surface area contributed by atoms with Crippen molar-refractivity contribution in [1.82, 2.24) is 13.7 Å². The summed E-state index contributed by atoms with van der Waals surface area (Å²) < 4.78 is 28.4. The Balaban J connectivity index is 2.23. The van der Waals surface area contributed by atoms with Gasteiger partial charge in [0.1, 0.15) is 5.65 Å². The predicted molar refractivity (Wildman–Crippen MR) is 72.7 cm³/mol. The molecule has 0 atom stereocenters. The molecule has 0 bridgehead atoms. The topological polar surface area (TPSA) is 66.7 Å². The monoisotopic (exact) mass is 280 g/mol. The fourth-order valence-electron chi connectivity index (χ4n) is 2.15. The van der Waals surface area contributed by atoms with E-state index in [-0.39, 0.29) is 11.1 Å². The molecule has 102 valence electrons. The number of rotatable bonds is 4. The summed E-state index contributed by atoms with van der Waals surface area (Å²) in [6, 6.07) is 5.55. The molecule has 0 unspecified atom stereocenters. The van der Waals surface area contributed by atoms with Crippen LogP contribution in [0.1, 0.15) is 12.8 Å². The molecule has 2 aromatic heterocycles. The van der Waals surface area contributed by atoms with Gasteiger partial charge in [-0.15, -0.1) is 0 Å². The van der Waals surface area contributed by atoms with Crippen LogP contribution < -0.4 is 5.32 Å². The van der Waals surface area contributed by atoms with E-state index in [9.17, 15) is 8.42 Å². The van der Waals surface area contributed by atoms with Crippen LogP contribution in [0, 0.1) is 0 Å². The average molecular weight is 280 g/mol. The Kier molecular flexibility index (Phi) is 2.75. The van der Waals surface area contributed by atoms with Gasteiger partial charge in [0.2, 0.25) is 0 Å². The normalized spacial score (nSPS) is 16.2. The Labute approximate surface area is 112 Å². The largest absolute Gasteiger partial charge is 0.371 e. The van der Waals surface area contributed by atoms with E-state index in [1.165, 1.54) is 4.31 Å². The standard InChI is InChI=1S/C12H16N4O2S/c1-13-11-12(16-8-4-3-5-10(16)14-11)19(17,18)15(2)9-6-7-9/h3-5,8-9,13H,6-7H2,1-2H3. The third kappa shape index (κ3) is 1.89. The first-order valence-electron chi connectivity index (χ1n) is 6.18. The highest BCUT2D eigenvalue weighted by molar-refractivity contribution is 7.89. The van der Waals surface area contributed by atoms with Gasteiger partial charge in [-0.3, -0.25) is 4.40 Å². The molecule has 0 aliphatic heterocycles. The highest BCUT2D eigenvalue weighted by atomic mass is 32.2. The van der Waals surface area contributed by atoms with Crippen molar-refractivity contribution in [2.75, 3.05) is 19.4 Å². The molecule has 2 heterocycles. The van der Waals surface area contributed by atoms with Gasteiger partial charge in [0.15, 0.2) is 10.8 Å². The number of imidazole rings is 1. The molecule has 1 N–H and O–H groups in total. The smallest absolute Gasteiger partial charge is 0.262 e. The highest BCUT2D eigenvalue weighted by Crippen LogP contribution is 2.33. The first-order chi connectivity index (χ1) is 9.05. The Bertz CT molecular complexity index is 718. The van der Waals surface area contributed by atoms with Crippen molar-refractivity contribution in [1.29, 1.82) is 0 Å². The molecule has 3 rings (SSSR count). The first-order valence-corrected chi connectivity index (χ1v) is 7.62. The molecular weight excluding hydrogens is 264 g/mol. The number of hydrogen-bond donors (Lipinski definition) is 1. The minimum Gasteiger partial charge on any atom is -0.371 e. The lowest BCUT2D eigenvalue weighted by Gasteiger charge is -2.16. The molecule has 0 spiro atoms. The summed E-state index contributed by atoms with van der Waals surface area (Å²) in [6.45, 7) is 0. The van der Waals surface area contributed by atoms with Crippen molar-refractivity contribution >= 4 is 21.5 Å². The van der Waals surface area contributed by atoms with Crippen molar-refractivity contribution in [3.05, 3.63) is 24.4 Å². The average Bonchev–Trinajstić information content (AvgIpc) is 3.16. The zero-order valence-electron chi connectivity index (χ0n) is 10.9. The molecule has 0 radical (unpaired) electrons. The van der Waals surface area contributed by atoms with E-state index >= 15 is 0 Å². The number of fused-ring (bicyclic) bond motifs is 1. The lowest BCUT2D eigenvalue weighted by molar-refractivity contribution is 0.461. The number of hydrogen-bond acceptors (Lipinski definition) is 4. The summed E-state index contributed by atoms with van der Waals surface area (Å²) in [7, 11) is -0.218. The zero-order valence-corrected chi connectivity index (χ0v) is 11.7. The second-order valence-corrected chi connectivity index (χ2v) is 6.61. The summed E-state index contributed by atoms with van der Waals surface area (Å²) in [4.78, 5) is 4.31. The second-order valence-electron chi connectivity index (χ2n) is 4.70. The fraction of sp³-hybridized carbons (Fsp3) is 0.417. The van der Waals surface area contributed by atoms with Gasteiger partial charge in [0.25, 0.3) is 10.0 Å². The van der Waals surface area contributed by atoms with Gasteiger partial charge in [-0.1, -0.05) is 6.07 Å². The second kappa shape index (κ2) is 4.21. The minimum atomic E-state index is -3.53. The maximum Gasteiger partial charge on any atom is 0.262 e. The van der Waals surface area contributed by atoms with Crippen LogP contribution in [0.25, 0.3) is 5.65 Å². The minimum absolute atomic E-state index is 0.129. The molecule has 0 aromatic carbocycles. The van der Waals surface area contributed by atoms with Crippen LogP contribution in [0.3, 0.4) is 0 Å². The molecule has 0 saturated heterocycles. The molecule has 19 heavy (non-hydrogen) atoms. The number of sulfonamides is 1. The van der Waals surface area contributed by atoms with E-state index in [2.05, 4.69) is 10.3 Å². The lowest BCUT2D eigenvalue weighted by atomic mass is 10.5. The molecule has 1 aliphatic carbocycles. The molecule has 2 aromatic rings. The molecule has 1 fully saturated rings. The Hall–Kier alpha value is -1.60. The van der Waals surface area contributed by atoms with E-state index in [1.807, 2.05) is 6.07 Å². The summed E-state index contributed by atoms with van der Waals surface area (Å²) in [5, 5.41) is 3.08. The van der Waals surface area contributed by atoms with E-state index in [4.69, 9.17) is 0 Å². The van der Waals surface area contributed by atoms with E-state index < -0.39 is 10.0 Å². The fourth-order valence-corrected chi connectivity index (χ4v) is 3.82. The number of nitrogens with one attached hydrogen (secondary N) is 1. The van der Waals surface area contributed by atoms with E-state index in [0.29, 0.717) is 11.5 Å². The van der Waals surface area contributed by atoms with Crippen molar-refractivity contribution in [3.63, 3.8) is 0 Å². The van der Waals surface area contributed by atoms with Gasteiger partial charge in [0.05, 0.1) is 0 Å². The van der Waals surface area contributed by atoms with Crippen LogP contribution >= 0.6 is 0 Å². The molecule has 6 nitrogen and oxygen atoms in total. The van der Waals surface area contributed by atoms with E-state index in [0.717, 1.165) is 12.8 Å². The molecule has 1 aliphatic rings. The van der Waals surface area contributed by atoms with Gasteiger partial charge >= 0.3 is 0 Å². The van der Waals surface area contributed by atoms with Crippen LogP contribution in [0.2, 0.25) is 0 Å². The van der Waals surface area contributed by atoms with Crippen molar-refractivity contribution in [3.8, 4) is 0 Å². The Morgan fingerprint density at radius 1 is 1.42 bits per heavy atom.